The van der Waals surface area contributed by atoms with E-state index in [0.717, 1.165) is 31.6 Å². The Balaban J connectivity index is 2.06. The van der Waals surface area contributed by atoms with Crippen molar-refractivity contribution in [1.82, 2.24) is 30.3 Å². The van der Waals surface area contributed by atoms with Gasteiger partial charge in [-0.1, -0.05) is 5.21 Å². The fourth-order valence-corrected chi connectivity index (χ4v) is 2.07. The fourth-order valence-electron chi connectivity index (χ4n) is 2.07. The number of aromatic nitrogens is 5. The van der Waals surface area contributed by atoms with Gasteiger partial charge in [0, 0.05) is 6.54 Å². The minimum absolute atomic E-state index is 0.313. The maximum Gasteiger partial charge on any atom is 0.184 e. The van der Waals surface area contributed by atoms with Gasteiger partial charge in [0.25, 0.3) is 0 Å². The molecule has 7 heteroatoms. The van der Waals surface area contributed by atoms with Gasteiger partial charge in [0.1, 0.15) is 6.33 Å². The van der Waals surface area contributed by atoms with Crippen molar-refractivity contribution in [2.24, 2.45) is 0 Å². The van der Waals surface area contributed by atoms with Gasteiger partial charge >= 0.3 is 0 Å². The van der Waals surface area contributed by atoms with Crippen molar-refractivity contribution < 1.29 is 0 Å². The number of nitrogens with one attached hydrogen (secondary N) is 1. The summed E-state index contributed by atoms with van der Waals surface area (Å²) in [5, 5.41) is 11.5. The number of fused-ring (bicyclic) bond motifs is 1. The van der Waals surface area contributed by atoms with Gasteiger partial charge in [-0.05, 0) is 19.4 Å². The summed E-state index contributed by atoms with van der Waals surface area (Å²) < 4.78 is 1.85. The van der Waals surface area contributed by atoms with Crippen molar-refractivity contribution in [3.63, 3.8) is 0 Å². The summed E-state index contributed by atoms with van der Waals surface area (Å²) >= 11 is 0. The van der Waals surface area contributed by atoms with E-state index in [1.54, 1.807) is 0 Å². The Morgan fingerprint density at radius 1 is 1.44 bits per heavy atom. The highest BCUT2D eigenvalue weighted by Gasteiger charge is 2.19. The molecule has 1 unspecified atom stereocenters. The molecular weight excluding hydrogens is 206 g/mol. The Morgan fingerprint density at radius 2 is 2.38 bits per heavy atom. The summed E-state index contributed by atoms with van der Waals surface area (Å²) in [6.45, 7) is 1.97. The number of nitrogens with zero attached hydrogens (tertiary/aromatic N) is 5. The third-order valence-electron chi connectivity index (χ3n) is 2.91. The summed E-state index contributed by atoms with van der Waals surface area (Å²) in [6, 6.07) is 0.313. The van der Waals surface area contributed by atoms with Gasteiger partial charge in [-0.25, -0.2) is 14.6 Å². The van der Waals surface area contributed by atoms with E-state index in [0.29, 0.717) is 17.4 Å². The van der Waals surface area contributed by atoms with E-state index in [4.69, 9.17) is 5.73 Å². The first-order valence-electron chi connectivity index (χ1n) is 5.38. The van der Waals surface area contributed by atoms with Gasteiger partial charge in [-0.3, -0.25) is 0 Å². The predicted molar refractivity (Wildman–Crippen MR) is 58.7 cm³/mol. The first kappa shape index (κ1) is 9.46. The molecule has 3 heterocycles. The van der Waals surface area contributed by atoms with Crippen molar-refractivity contribution in [2.45, 2.75) is 18.9 Å². The van der Waals surface area contributed by atoms with Crippen molar-refractivity contribution in [1.29, 1.82) is 0 Å². The van der Waals surface area contributed by atoms with Crippen LogP contribution in [0.1, 0.15) is 18.9 Å². The lowest BCUT2D eigenvalue weighted by atomic mass is 10.1. The van der Waals surface area contributed by atoms with Crippen LogP contribution in [0.2, 0.25) is 0 Å². The molecule has 1 aliphatic heterocycles. The van der Waals surface area contributed by atoms with E-state index in [-0.39, 0.29) is 0 Å². The molecule has 0 radical (unpaired) electrons. The smallest absolute Gasteiger partial charge is 0.184 e. The topological polar surface area (TPSA) is 94.5 Å². The van der Waals surface area contributed by atoms with Crippen LogP contribution in [0, 0.1) is 0 Å². The van der Waals surface area contributed by atoms with Crippen LogP contribution in [0.5, 0.6) is 0 Å². The Labute approximate surface area is 92.1 Å². The Bertz CT molecular complexity index is 500. The first-order chi connectivity index (χ1) is 7.86. The zero-order chi connectivity index (χ0) is 11.0. The monoisotopic (exact) mass is 219 g/mol. The lowest BCUT2D eigenvalue weighted by Crippen LogP contribution is -2.32. The summed E-state index contributed by atoms with van der Waals surface area (Å²) in [7, 11) is 0. The van der Waals surface area contributed by atoms with Gasteiger partial charge in [0.15, 0.2) is 17.0 Å². The summed E-state index contributed by atoms with van der Waals surface area (Å²) in [5.74, 6) is 0.389. The molecule has 16 heavy (non-hydrogen) atoms. The Hall–Kier alpha value is -1.76. The number of hydrogen-bond acceptors (Lipinski definition) is 6. The predicted octanol–water partition coefficient (Wildman–Crippen LogP) is -0.272. The quantitative estimate of drug-likeness (QED) is 0.685. The van der Waals surface area contributed by atoms with Gasteiger partial charge in [0.2, 0.25) is 0 Å². The first-order valence-corrected chi connectivity index (χ1v) is 5.38. The molecule has 0 bridgehead atoms. The molecule has 0 aliphatic carbocycles. The van der Waals surface area contributed by atoms with E-state index in [1.807, 2.05) is 4.68 Å². The van der Waals surface area contributed by atoms with Crippen LogP contribution in [-0.2, 0) is 0 Å². The van der Waals surface area contributed by atoms with Crippen LogP contribution >= 0.6 is 0 Å². The van der Waals surface area contributed by atoms with Gasteiger partial charge in [-0.15, -0.1) is 5.10 Å². The molecule has 2 aromatic heterocycles. The number of nitrogens with two attached hydrogens (primary N) is 1. The van der Waals surface area contributed by atoms with Crippen LogP contribution in [0.3, 0.4) is 0 Å². The molecule has 2 aromatic rings. The molecule has 7 nitrogen and oxygen atoms in total. The maximum absolute atomic E-state index is 5.72. The standard InChI is InChI=1S/C9H13N7/c10-8-7-9(13-5-12-8)16(15-14-7)6-2-1-3-11-4-6/h5-6,11H,1-4H2,(H2,10,12,13). The fraction of sp³-hybridized carbons (Fsp3) is 0.556. The van der Waals surface area contributed by atoms with Crippen LogP contribution in [-0.4, -0.2) is 38.1 Å². The molecule has 3 rings (SSSR count). The van der Waals surface area contributed by atoms with E-state index in [1.165, 1.54) is 6.33 Å². The number of rotatable bonds is 1. The Kier molecular flexibility index (Phi) is 2.17. The zero-order valence-electron chi connectivity index (χ0n) is 8.80. The van der Waals surface area contributed by atoms with E-state index in [2.05, 4.69) is 25.6 Å². The lowest BCUT2D eigenvalue weighted by molar-refractivity contribution is 0.347. The van der Waals surface area contributed by atoms with Crippen molar-refractivity contribution >= 4 is 17.0 Å². The van der Waals surface area contributed by atoms with Crippen LogP contribution in [0.25, 0.3) is 11.2 Å². The molecule has 84 valence electrons. The summed E-state index contributed by atoms with van der Waals surface area (Å²) in [5.41, 5.74) is 7.03. The van der Waals surface area contributed by atoms with Crippen LogP contribution < -0.4 is 11.1 Å². The minimum atomic E-state index is 0.313. The van der Waals surface area contributed by atoms with E-state index < -0.39 is 0 Å². The zero-order valence-corrected chi connectivity index (χ0v) is 8.80. The Morgan fingerprint density at radius 3 is 3.19 bits per heavy atom. The second-order valence-corrected chi connectivity index (χ2v) is 3.97. The number of piperidine rings is 1. The van der Waals surface area contributed by atoms with Gasteiger partial charge in [0.05, 0.1) is 6.04 Å². The molecule has 1 aliphatic rings. The second-order valence-electron chi connectivity index (χ2n) is 3.97. The largest absolute Gasteiger partial charge is 0.382 e. The molecule has 1 atom stereocenters. The number of hydrogen-bond donors (Lipinski definition) is 2. The van der Waals surface area contributed by atoms with Crippen LogP contribution in [0.15, 0.2) is 6.33 Å². The molecule has 0 saturated carbocycles. The molecule has 1 saturated heterocycles. The second kappa shape index (κ2) is 3.67. The molecule has 3 N–H and O–H groups in total. The SMILES string of the molecule is Nc1ncnc2c1nnn2C1CCCNC1. The highest BCUT2D eigenvalue weighted by Crippen LogP contribution is 2.20. The average Bonchev–Trinajstić information content (AvgIpc) is 2.75. The molecule has 0 spiro atoms. The van der Waals surface area contributed by atoms with Crippen molar-refractivity contribution in [3.8, 4) is 0 Å². The number of nitrogen functional groups attached to an aromatic ring is 1. The van der Waals surface area contributed by atoms with E-state index in [9.17, 15) is 0 Å². The highest BCUT2D eigenvalue weighted by atomic mass is 15.5. The van der Waals surface area contributed by atoms with Gasteiger partial charge < -0.3 is 11.1 Å². The minimum Gasteiger partial charge on any atom is -0.382 e. The van der Waals surface area contributed by atoms with Gasteiger partial charge in [-0.2, -0.15) is 0 Å². The normalized spacial score (nSPS) is 21.4. The average molecular weight is 219 g/mol. The summed E-state index contributed by atoms with van der Waals surface area (Å²) in [4.78, 5) is 8.10. The highest BCUT2D eigenvalue weighted by molar-refractivity contribution is 5.80. The lowest BCUT2D eigenvalue weighted by Gasteiger charge is -2.22. The molecular formula is C9H13N7. The molecule has 0 amide bonds. The molecule has 1 fully saturated rings. The maximum atomic E-state index is 5.72. The van der Waals surface area contributed by atoms with Crippen molar-refractivity contribution in [2.75, 3.05) is 18.8 Å². The van der Waals surface area contributed by atoms with Crippen molar-refractivity contribution in [3.05, 3.63) is 6.33 Å². The van der Waals surface area contributed by atoms with Crippen LogP contribution in [0.4, 0.5) is 5.82 Å². The summed E-state index contributed by atoms with van der Waals surface area (Å²) in [6.07, 6.45) is 3.69. The molecule has 0 aromatic carbocycles. The van der Waals surface area contributed by atoms with E-state index >= 15 is 0 Å². The third kappa shape index (κ3) is 1.40. The number of anilines is 1. The third-order valence-corrected chi connectivity index (χ3v) is 2.91.